The first-order chi connectivity index (χ1) is 13.0. The van der Waals surface area contributed by atoms with Gasteiger partial charge in [0, 0.05) is 31.3 Å². The fourth-order valence-corrected chi connectivity index (χ4v) is 3.02. The van der Waals surface area contributed by atoms with Gasteiger partial charge in [-0.25, -0.2) is 14.4 Å². The Balaban J connectivity index is 1.62. The molecule has 1 N–H and O–H groups in total. The van der Waals surface area contributed by atoms with Crippen LogP contribution in [0.3, 0.4) is 0 Å². The number of benzene rings is 1. The summed E-state index contributed by atoms with van der Waals surface area (Å²) in [6, 6.07) is 9.78. The first-order valence-corrected chi connectivity index (χ1v) is 9.38. The van der Waals surface area contributed by atoms with E-state index >= 15 is 0 Å². The molecular weight excluding hydrogens is 343 g/mol. The molecule has 0 radical (unpaired) electrons. The van der Waals surface area contributed by atoms with Gasteiger partial charge in [-0.15, -0.1) is 0 Å². The number of nitrogens with zero attached hydrogens (tertiary/aromatic N) is 3. The van der Waals surface area contributed by atoms with Gasteiger partial charge in [-0.2, -0.15) is 0 Å². The standard InChI is InChI=1S/C21H25FN4O/c1-15(2)11-13-26-19(25-18-8-5-12-23-21(18)26)9-4-10-20(27)24-17-7-3-6-16(22)14-17/h3,5-8,12,14-15H,4,9-11,13H2,1-2H3,(H,24,27). The summed E-state index contributed by atoms with van der Waals surface area (Å²) in [5, 5.41) is 2.73. The van der Waals surface area contributed by atoms with Crippen molar-refractivity contribution in [3.63, 3.8) is 0 Å². The lowest BCUT2D eigenvalue weighted by molar-refractivity contribution is -0.116. The molecule has 3 aromatic rings. The molecule has 1 aromatic carbocycles. The Morgan fingerprint density at radius 1 is 1.26 bits per heavy atom. The molecule has 142 valence electrons. The van der Waals surface area contributed by atoms with E-state index in [1.807, 2.05) is 12.1 Å². The van der Waals surface area contributed by atoms with Gasteiger partial charge in [0.25, 0.3) is 0 Å². The molecule has 0 saturated heterocycles. The van der Waals surface area contributed by atoms with Gasteiger partial charge < -0.3 is 9.88 Å². The molecule has 0 aliphatic heterocycles. The number of carbonyl (C=O) groups excluding carboxylic acids is 1. The Bertz CT molecular complexity index is 919. The molecule has 27 heavy (non-hydrogen) atoms. The molecular formula is C21H25FN4O. The summed E-state index contributed by atoms with van der Waals surface area (Å²) in [5.41, 5.74) is 2.27. The van der Waals surface area contributed by atoms with Crippen LogP contribution < -0.4 is 5.32 Å². The zero-order chi connectivity index (χ0) is 19.2. The average molecular weight is 368 g/mol. The second-order valence-corrected chi connectivity index (χ2v) is 7.12. The van der Waals surface area contributed by atoms with Gasteiger partial charge >= 0.3 is 0 Å². The molecule has 1 amide bonds. The third-order valence-corrected chi connectivity index (χ3v) is 4.43. The van der Waals surface area contributed by atoms with Crippen LogP contribution in [0.4, 0.5) is 10.1 Å². The Morgan fingerprint density at radius 3 is 2.89 bits per heavy atom. The fourth-order valence-electron chi connectivity index (χ4n) is 3.02. The number of fused-ring (bicyclic) bond motifs is 1. The van der Waals surface area contributed by atoms with Crippen molar-refractivity contribution in [1.29, 1.82) is 0 Å². The summed E-state index contributed by atoms with van der Waals surface area (Å²) in [6.45, 7) is 5.27. The number of halogens is 1. The van der Waals surface area contributed by atoms with Crippen LogP contribution in [0.15, 0.2) is 42.6 Å². The zero-order valence-electron chi connectivity index (χ0n) is 15.8. The molecule has 2 heterocycles. The normalized spacial score (nSPS) is 11.3. The van der Waals surface area contributed by atoms with Gasteiger partial charge in [0.15, 0.2) is 5.65 Å². The van der Waals surface area contributed by atoms with Crippen molar-refractivity contribution in [3.05, 3.63) is 54.2 Å². The molecule has 0 unspecified atom stereocenters. The number of aromatic nitrogens is 3. The van der Waals surface area contributed by atoms with Crippen molar-refractivity contribution < 1.29 is 9.18 Å². The van der Waals surface area contributed by atoms with E-state index in [1.165, 1.54) is 12.1 Å². The number of hydrogen-bond donors (Lipinski definition) is 1. The minimum atomic E-state index is -0.362. The lowest BCUT2D eigenvalue weighted by atomic mass is 10.1. The van der Waals surface area contributed by atoms with Crippen molar-refractivity contribution >= 4 is 22.8 Å². The van der Waals surface area contributed by atoms with Crippen LogP contribution in [0.25, 0.3) is 11.2 Å². The summed E-state index contributed by atoms with van der Waals surface area (Å²) >= 11 is 0. The molecule has 6 heteroatoms. The highest BCUT2D eigenvalue weighted by Crippen LogP contribution is 2.18. The average Bonchev–Trinajstić information content (AvgIpc) is 2.97. The Kier molecular flexibility index (Phi) is 6.16. The van der Waals surface area contributed by atoms with Crippen LogP contribution in [0.2, 0.25) is 0 Å². The number of pyridine rings is 1. The van der Waals surface area contributed by atoms with Crippen LogP contribution in [-0.4, -0.2) is 20.4 Å². The second kappa shape index (κ2) is 8.75. The number of carbonyl (C=O) groups is 1. The molecule has 3 rings (SSSR count). The summed E-state index contributed by atoms with van der Waals surface area (Å²) in [6.07, 6.45) is 4.57. The van der Waals surface area contributed by atoms with Crippen molar-refractivity contribution in [2.75, 3.05) is 5.32 Å². The monoisotopic (exact) mass is 368 g/mol. The number of aryl methyl sites for hydroxylation is 2. The number of rotatable bonds is 8. The van der Waals surface area contributed by atoms with Crippen molar-refractivity contribution in [2.45, 2.75) is 46.1 Å². The lowest BCUT2D eigenvalue weighted by Crippen LogP contribution is -2.12. The number of imidazole rings is 1. The molecule has 0 aliphatic carbocycles. The van der Waals surface area contributed by atoms with Crippen LogP contribution in [0.1, 0.15) is 38.9 Å². The molecule has 0 spiro atoms. The van der Waals surface area contributed by atoms with Gasteiger partial charge in [0.05, 0.1) is 0 Å². The summed E-state index contributed by atoms with van der Waals surface area (Å²) in [7, 11) is 0. The van der Waals surface area contributed by atoms with Crippen molar-refractivity contribution in [1.82, 2.24) is 14.5 Å². The smallest absolute Gasteiger partial charge is 0.224 e. The quantitative estimate of drug-likeness (QED) is 0.633. The van der Waals surface area contributed by atoms with Gasteiger partial charge in [-0.1, -0.05) is 19.9 Å². The predicted octanol–water partition coefficient (Wildman–Crippen LogP) is 4.58. The minimum absolute atomic E-state index is 0.122. The highest BCUT2D eigenvalue weighted by Gasteiger charge is 2.13. The number of anilines is 1. The van der Waals surface area contributed by atoms with Crippen LogP contribution in [0.5, 0.6) is 0 Å². The molecule has 0 atom stereocenters. The highest BCUT2D eigenvalue weighted by atomic mass is 19.1. The van der Waals surface area contributed by atoms with E-state index in [4.69, 9.17) is 4.98 Å². The Morgan fingerprint density at radius 2 is 2.11 bits per heavy atom. The van der Waals surface area contributed by atoms with Crippen LogP contribution in [0, 0.1) is 11.7 Å². The SMILES string of the molecule is CC(C)CCn1c(CCCC(=O)Nc2cccc(F)c2)nc2cccnc21. The summed E-state index contributed by atoms with van der Waals surface area (Å²) < 4.78 is 15.4. The molecule has 0 bridgehead atoms. The molecule has 5 nitrogen and oxygen atoms in total. The van der Waals surface area contributed by atoms with E-state index in [2.05, 4.69) is 28.7 Å². The maximum Gasteiger partial charge on any atom is 0.224 e. The second-order valence-electron chi connectivity index (χ2n) is 7.12. The van der Waals surface area contributed by atoms with Gasteiger partial charge in [0.2, 0.25) is 5.91 Å². The maximum absolute atomic E-state index is 13.2. The van der Waals surface area contributed by atoms with E-state index in [1.54, 1.807) is 18.3 Å². The van der Waals surface area contributed by atoms with Crippen LogP contribution in [-0.2, 0) is 17.8 Å². The largest absolute Gasteiger partial charge is 0.326 e. The van der Waals surface area contributed by atoms with E-state index in [-0.39, 0.29) is 11.7 Å². The van der Waals surface area contributed by atoms with E-state index < -0.39 is 0 Å². The Hall–Kier alpha value is -2.76. The highest BCUT2D eigenvalue weighted by molar-refractivity contribution is 5.90. The number of amides is 1. The van der Waals surface area contributed by atoms with Crippen molar-refractivity contribution in [2.24, 2.45) is 5.92 Å². The van der Waals surface area contributed by atoms with E-state index in [0.717, 1.165) is 30.0 Å². The third-order valence-electron chi connectivity index (χ3n) is 4.43. The molecule has 0 fully saturated rings. The van der Waals surface area contributed by atoms with Crippen LogP contribution >= 0.6 is 0 Å². The number of nitrogens with one attached hydrogen (secondary N) is 1. The topological polar surface area (TPSA) is 59.8 Å². The van der Waals surface area contributed by atoms with Gasteiger partial charge in [0.1, 0.15) is 17.2 Å². The first-order valence-electron chi connectivity index (χ1n) is 9.38. The predicted molar refractivity (Wildman–Crippen MR) is 105 cm³/mol. The Labute approximate surface area is 158 Å². The molecule has 0 saturated carbocycles. The van der Waals surface area contributed by atoms with Gasteiger partial charge in [-0.3, -0.25) is 4.79 Å². The molecule has 0 aliphatic rings. The minimum Gasteiger partial charge on any atom is -0.326 e. The van der Waals surface area contributed by atoms with Crippen molar-refractivity contribution in [3.8, 4) is 0 Å². The first kappa shape index (κ1) is 19.0. The maximum atomic E-state index is 13.2. The third kappa shape index (κ3) is 5.12. The summed E-state index contributed by atoms with van der Waals surface area (Å²) in [4.78, 5) is 21.3. The van der Waals surface area contributed by atoms with E-state index in [0.29, 0.717) is 30.9 Å². The zero-order valence-corrected chi connectivity index (χ0v) is 15.8. The summed E-state index contributed by atoms with van der Waals surface area (Å²) in [5.74, 6) is 1.07. The van der Waals surface area contributed by atoms with Gasteiger partial charge in [-0.05, 0) is 49.1 Å². The fraction of sp³-hybridized carbons (Fsp3) is 0.381. The number of hydrogen-bond acceptors (Lipinski definition) is 3. The van der Waals surface area contributed by atoms with E-state index in [9.17, 15) is 9.18 Å². The molecule has 2 aromatic heterocycles. The lowest BCUT2D eigenvalue weighted by Gasteiger charge is -2.10.